The van der Waals surface area contributed by atoms with Gasteiger partial charge in [0.1, 0.15) is 11.4 Å². The number of hydrogen-bond acceptors (Lipinski definition) is 8. The van der Waals surface area contributed by atoms with Crippen molar-refractivity contribution in [2.24, 2.45) is 0 Å². The molecule has 0 amide bonds. The first-order chi connectivity index (χ1) is 16.8. The Morgan fingerprint density at radius 3 is 2.54 bits per heavy atom. The van der Waals surface area contributed by atoms with Gasteiger partial charge in [0.25, 0.3) is 11.1 Å². The van der Waals surface area contributed by atoms with E-state index < -0.39 is 17.0 Å². The molecule has 0 saturated carbocycles. The molecular formula is C24H23N5O5S. The number of nitrogens with zero attached hydrogens (tertiary/aromatic N) is 3. The van der Waals surface area contributed by atoms with Crippen LogP contribution in [-0.2, 0) is 11.3 Å². The SMILES string of the molecule is COCCn1c(N)c(C(=O)CSc2nc3ccccc3c(=O)n2-c2ccc(C)cc2)c(=O)[nH]c1=O. The predicted molar refractivity (Wildman–Crippen MR) is 135 cm³/mol. The Morgan fingerprint density at radius 1 is 1.11 bits per heavy atom. The molecule has 2 aromatic heterocycles. The lowest BCUT2D eigenvalue weighted by Gasteiger charge is -2.14. The number of ketones is 1. The molecule has 0 atom stereocenters. The molecule has 4 rings (SSSR count). The van der Waals surface area contributed by atoms with Crippen LogP contribution in [0.3, 0.4) is 0 Å². The number of aromatic amines is 1. The smallest absolute Gasteiger partial charge is 0.330 e. The summed E-state index contributed by atoms with van der Waals surface area (Å²) in [5.74, 6) is -1.06. The van der Waals surface area contributed by atoms with E-state index in [4.69, 9.17) is 10.5 Å². The first-order valence-electron chi connectivity index (χ1n) is 10.7. The van der Waals surface area contributed by atoms with E-state index in [0.717, 1.165) is 21.9 Å². The van der Waals surface area contributed by atoms with Crippen LogP contribution in [0.2, 0.25) is 0 Å². The highest BCUT2D eigenvalue weighted by Gasteiger charge is 2.21. The fourth-order valence-electron chi connectivity index (χ4n) is 3.59. The van der Waals surface area contributed by atoms with E-state index in [-0.39, 0.29) is 41.0 Å². The van der Waals surface area contributed by atoms with Gasteiger partial charge in [0, 0.05) is 7.11 Å². The second-order valence-electron chi connectivity index (χ2n) is 7.76. The largest absolute Gasteiger partial charge is 0.384 e. The molecule has 2 heterocycles. The molecule has 35 heavy (non-hydrogen) atoms. The molecule has 0 bridgehead atoms. The minimum atomic E-state index is -0.867. The number of H-pyrrole nitrogens is 1. The Kier molecular flexibility index (Phi) is 6.99. The number of methoxy groups -OCH3 is 1. The zero-order chi connectivity index (χ0) is 25.1. The zero-order valence-electron chi connectivity index (χ0n) is 19.1. The fourth-order valence-corrected chi connectivity index (χ4v) is 4.48. The summed E-state index contributed by atoms with van der Waals surface area (Å²) in [6.07, 6.45) is 0. The summed E-state index contributed by atoms with van der Waals surface area (Å²) in [5, 5.41) is 0.725. The van der Waals surface area contributed by atoms with E-state index in [1.54, 1.807) is 36.4 Å². The number of nitrogens with one attached hydrogen (secondary N) is 1. The lowest BCUT2D eigenvalue weighted by atomic mass is 10.2. The van der Waals surface area contributed by atoms with Gasteiger partial charge in [-0.3, -0.25) is 28.5 Å². The standard InChI is InChI=1S/C24H23N5O5S/c1-14-7-9-15(10-8-14)29-22(32)16-5-3-4-6-17(16)26-24(29)35-13-18(30)19-20(25)28(11-12-34-2)23(33)27-21(19)31/h3-10H,11-13,25H2,1-2H3,(H,27,31,33). The van der Waals surface area contributed by atoms with Gasteiger partial charge in [0.15, 0.2) is 10.9 Å². The van der Waals surface area contributed by atoms with Crippen LogP contribution in [0.15, 0.2) is 68.1 Å². The maximum absolute atomic E-state index is 13.3. The van der Waals surface area contributed by atoms with E-state index in [0.29, 0.717) is 16.6 Å². The van der Waals surface area contributed by atoms with Gasteiger partial charge in [0.05, 0.1) is 35.5 Å². The van der Waals surface area contributed by atoms with E-state index in [1.807, 2.05) is 19.1 Å². The van der Waals surface area contributed by atoms with Gasteiger partial charge in [-0.25, -0.2) is 9.78 Å². The van der Waals surface area contributed by atoms with Crippen molar-refractivity contribution >= 4 is 34.3 Å². The summed E-state index contributed by atoms with van der Waals surface area (Å²) in [6, 6.07) is 14.3. The summed E-state index contributed by atoms with van der Waals surface area (Å²) in [6.45, 7) is 2.18. The minimum Gasteiger partial charge on any atom is -0.384 e. The number of rotatable bonds is 8. The number of benzene rings is 2. The number of fused-ring (bicyclic) bond motifs is 1. The van der Waals surface area contributed by atoms with Crippen LogP contribution < -0.4 is 22.5 Å². The van der Waals surface area contributed by atoms with Crippen molar-refractivity contribution in [2.75, 3.05) is 25.2 Å². The van der Waals surface area contributed by atoms with Crippen molar-refractivity contribution in [3.63, 3.8) is 0 Å². The third-order valence-electron chi connectivity index (χ3n) is 5.41. The summed E-state index contributed by atoms with van der Waals surface area (Å²) in [7, 11) is 1.46. The zero-order valence-corrected chi connectivity index (χ0v) is 19.9. The normalized spacial score (nSPS) is 11.1. The first kappa shape index (κ1) is 24.2. The summed E-state index contributed by atoms with van der Waals surface area (Å²) >= 11 is 1.01. The number of thioether (sulfide) groups is 1. The average molecular weight is 494 g/mol. The Balaban J connectivity index is 1.74. The molecular weight excluding hydrogens is 470 g/mol. The van der Waals surface area contributed by atoms with Crippen molar-refractivity contribution < 1.29 is 9.53 Å². The van der Waals surface area contributed by atoms with Gasteiger partial charge in [0.2, 0.25) is 0 Å². The molecule has 0 saturated heterocycles. The third kappa shape index (κ3) is 4.81. The average Bonchev–Trinajstić information content (AvgIpc) is 2.83. The van der Waals surface area contributed by atoms with Gasteiger partial charge >= 0.3 is 5.69 Å². The monoisotopic (exact) mass is 493 g/mol. The van der Waals surface area contributed by atoms with Crippen molar-refractivity contribution in [2.45, 2.75) is 18.6 Å². The van der Waals surface area contributed by atoms with E-state index in [1.165, 1.54) is 11.7 Å². The second-order valence-corrected chi connectivity index (χ2v) is 8.71. The topological polar surface area (TPSA) is 142 Å². The summed E-state index contributed by atoms with van der Waals surface area (Å²) in [4.78, 5) is 57.6. The predicted octanol–water partition coefficient (Wildman–Crippen LogP) is 1.75. The van der Waals surface area contributed by atoms with Crippen LogP contribution in [0.4, 0.5) is 5.82 Å². The van der Waals surface area contributed by atoms with Crippen LogP contribution in [0.5, 0.6) is 0 Å². The maximum atomic E-state index is 13.3. The number of para-hydroxylation sites is 1. The number of carbonyl (C=O) groups is 1. The third-order valence-corrected chi connectivity index (χ3v) is 6.35. The number of ether oxygens (including phenoxy) is 1. The summed E-state index contributed by atoms with van der Waals surface area (Å²) in [5.41, 5.74) is 5.94. The molecule has 0 spiro atoms. The molecule has 10 nitrogen and oxygen atoms in total. The van der Waals surface area contributed by atoms with Gasteiger partial charge in [-0.1, -0.05) is 41.6 Å². The lowest BCUT2D eigenvalue weighted by Crippen LogP contribution is -2.37. The fraction of sp³-hybridized carbons (Fsp3) is 0.208. The molecule has 3 N–H and O–H groups in total. The number of hydrogen-bond donors (Lipinski definition) is 2. The summed E-state index contributed by atoms with van der Waals surface area (Å²) < 4.78 is 7.48. The Morgan fingerprint density at radius 2 is 1.83 bits per heavy atom. The molecule has 180 valence electrons. The molecule has 0 unspecified atom stereocenters. The molecule has 2 aromatic carbocycles. The highest BCUT2D eigenvalue weighted by molar-refractivity contribution is 7.99. The molecule has 0 fully saturated rings. The van der Waals surface area contributed by atoms with Crippen LogP contribution >= 0.6 is 11.8 Å². The van der Waals surface area contributed by atoms with Crippen LogP contribution in [-0.4, -0.2) is 44.4 Å². The van der Waals surface area contributed by atoms with Gasteiger partial charge in [-0.2, -0.15) is 0 Å². The molecule has 11 heteroatoms. The van der Waals surface area contributed by atoms with E-state index in [2.05, 4.69) is 9.97 Å². The molecule has 4 aromatic rings. The Bertz CT molecular complexity index is 1590. The number of nitrogen functional groups attached to an aromatic ring is 1. The van der Waals surface area contributed by atoms with Crippen molar-refractivity contribution in [3.05, 3.63) is 90.8 Å². The van der Waals surface area contributed by atoms with Crippen molar-refractivity contribution in [3.8, 4) is 5.69 Å². The quantitative estimate of drug-likeness (QED) is 0.215. The highest BCUT2D eigenvalue weighted by atomic mass is 32.2. The maximum Gasteiger partial charge on any atom is 0.330 e. The van der Waals surface area contributed by atoms with Crippen molar-refractivity contribution in [1.82, 2.24) is 19.1 Å². The minimum absolute atomic E-state index is 0.0740. The van der Waals surface area contributed by atoms with Crippen LogP contribution in [0, 0.1) is 6.92 Å². The number of aryl methyl sites for hydroxylation is 1. The molecule has 0 aliphatic heterocycles. The van der Waals surface area contributed by atoms with Crippen LogP contribution in [0.1, 0.15) is 15.9 Å². The van der Waals surface area contributed by atoms with Crippen LogP contribution in [0.25, 0.3) is 16.6 Å². The molecule has 0 radical (unpaired) electrons. The number of Topliss-reactive ketones (excluding diaryl/α,β-unsaturated/α-hetero) is 1. The first-order valence-corrected chi connectivity index (χ1v) is 11.7. The van der Waals surface area contributed by atoms with Gasteiger partial charge < -0.3 is 10.5 Å². The van der Waals surface area contributed by atoms with Gasteiger partial charge in [-0.15, -0.1) is 0 Å². The number of aromatic nitrogens is 4. The Hall–Kier alpha value is -3.96. The Labute approximate surface area is 203 Å². The number of anilines is 1. The molecule has 0 aliphatic rings. The number of carbonyl (C=O) groups excluding carboxylic acids is 1. The second kappa shape index (κ2) is 10.1. The van der Waals surface area contributed by atoms with E-state index >= 15 is 0 Å². The lowest BCUT2D eigenvalue weighted by molar-refractivity contribution is 0.102. The van der Waals surface area contributed by atoms with Gasteiger partial charge in [-0.05, 0) is 31.2 Å². The number of nitrogens with two attached hydrogens (primary N) is 1. The van der Waals surface area contributed by atoms with E-state index in [9.17, 15) is 19.2 Å². The van der Waals surface area contributed by atoms with Crippen molar-refractivity contribution in [1.29, 1.82) is 0 Å². The molecule has 0 aliphatic carbocycles. The highest BCUT2D eigenvalue weighted by Crippen LogP contribution is 2.23.